The molecule has 0 unspecified atom stereocenters. The maximum Gasteiger partial charge on any atom is 0.170 e. The van der Waals surface area contributed by atoms with Crippen molar-refractivity contribution in [1.29, 1.82) is 0 Å². The summed E-state index contributed by atoms with van der Waals surface area (Å²) in [6, 6.07) is 26.6. The zero-order valence-electron chi connectivity index (χ0n) is 20.9. The summed E-state index contributed by atoms with van der Waals surface area (Å²) in [5.41, 5.74) is 5.00. The molecule has 0 fully saturated rings. The summed E-state index contributed by atoms with van der Waals surface area (Å²) in [4.78, 5) is 17.7. The first-order chi connectivity index (χ1) is 18.5. The number of pyridine rings is 1. The van der Waals surface area contributed by atoms with Crippen LogP contribution in [0.1, 0.15) is 27.2 Å². The number of Topliss-reactive ketones (excluding diaryl/α,β-unsaturated/α-hetero) is 1. The van der Waals surface area contributed by atoms with Gasteiger partial charge in [0.05, 0.1) is 22.5 Å². The van der Waals surface area contributed by atoms with E-state index in [1.165, 1.54) is 0 Å². The molecule has 7 heteroatoms. The minimum atomic E-state index is -0.0657. The number of hydrogen-bond donors (Lipinski definition) is 0. The standard InChI is InChI=1S/C31H26ClN3O3/c1-35-19-25(18-34-35)24-11-12-27(31(17-24)37-20-22-7-3-2-4-8-22)29(36)16-23-10-13-30(28(32)15-23)38-21-26-9-5-6-14-33-26/h2-15,17-19H,16,20-21H2,1H3. The molecule has 0 saturated carbocycles. The number of ketones is 1. The molecule has 6 nitrogen and oxygen atoms in total. The molecule has 0 N–H and O–H groups in total. The van der Waals surface area contributed by atoms with Crippen LogP contribution < -0.4 is 9.47 Å². The van der Waals surface area contributed by atoms with Gasteiger partial charge in [-0.05, 0) is 53.1 Å². The Morgan fingerprint density at radius 2 is 1.66 bits per heavy atom. The van der Waals surface area contributed by atoms with Crippen LogP contribution >= 0.6 is 11.6 Å². The fourth-order valence-electron chi connectivity index (χ4n) is 4.04. The van der Waals surface area contributed by atoms with E-state index in [0.717, 1.165) is 27.9 Å². The number of carbonyl (C=O) groups excluding carboxylic acids is 1. The zero-order valence-corrected chi connectivity index (χ0v) is 21.6. The quantitative estimate of drug-likeness (QED) is 0.190. The van der Waals surface area contributed by atoms with E-state index in [9.17, 15) is 4.79 Å². The molecule has 0 spiro atoms. The van der Waals surface area contributed by atoms with Crippen molar-refractivity contribution in [2.24, 2.45) is 7.05 Å². The van der Waals surface area contributed by atoms with Gasteiger partial charge >= 0.3 is 0 Å². The molecule has 0 aliphatic heterocycles. The van der Waals surface area contributed by atoms with Gasteiger partial charge in [-0.25, -0.2) is 0 Å². The van der Waals surface area contributed by atoms with Crippen LogP contribution in [0.5, 0.6) is 11.5 Å². The molecule has 0 aliphatic carbocycles. The molecule has 0 bridgehead atoms. The third kappa shape index (κ3) is 6.28. The van der Waals surface area contributed by atoms with E-state index in [0.29, 0.717) is 35.3 Å². The predicted molar refractivity (Wildman–Crippen MR) is 147 cm³/mol. The van der Waals surface area contributed by atoms with Crippen LogP contribution in [0, 0.1) is 0 Å². The maximum absolute atomic E-state index is 13.4. The highest BCUT2D eigenvalue weighted by Gasteiger charge is 2.17. The number of aromatic nitrogens is 3. The SMILES string of the molecule is Cn1cc(-c2ccc(C(=O)Cc3ccc(OCc4ccccn4)c(Cl)c3)c(OCc3ccccc3)c2)cn1. The molecule has 190 valence electrons. The van der Waals surface area contributed by atoms with Gasteiger partial charge in [0.2, 0.25) is 0 Å². The summed E-state index contributed by atoms with van der Waals surface area (Å²) in [6.45, 7) is 0.663. The van der Waals surface area contributed by atoms with E-state index < -0.39 is 0 Å². The molecule has 2 heterocycles. The van der Waals surface area contributed by atoms with Crippen molar-refractivity contribution in [2.45, 2.75) is 19.6 Å². The number of carbonyl (C=O) groups is 1. The summed E-state index contributed by atoms with van der Waals surface area (Å²) < 4.78 is 13.7. The van der Waals surface area contributed by atoms with E-state index in [1.807, 2.05) is 86.0 Å². The van der Waals surface area contributed by atoms with Crippen molar-refractivity contribution in [3.63, 3.8) is 0 Å². The first-order valence-electron chi connectivity index (χ1n) is 12.2. The van der Waals surface area contributed by atoms with E-state index in [2.05, 4.69) is 10.1 Å². The first-order valence-corrected chi connectivity index (χ1v) is 12.6. The van der Waals surface area contributed by atoms with Crippen LogP contribution in [0.2, 0.25) is 5.02 Å². The average molecular weight is 524 g/mol. The summed E-state index contributed by atoms with van der Waals surface area (Å²) in [5, 5.41) is 4.70. The largest absolute Gasteiger partial charge is 0.488 e. The molecule has 5 rings (SSSR count). The van der Waals surface area contributed by atoms with Crippen LogP contribution in [0.3, 0.4) is 0 Å². The van der Waals surface area contributed by atoms with Crippen molar-refractivity contribution < 1.29 is 14.3 Å². The first kappa shape index (κ1) is 25.2. The maximum atomic E-state index is 13.4. The smallest absolute Gasteiger partial charge is 0.170 e. The summed E-state index contributed by atoms with van der Waals surface area (Å²) in [5.74, 6) is 1.01. The number of rotatable bonds is 10. The van der Waals surface area contributed by atoms with Gasteiger partial charge in [-0.1, -0.05) is 60.1 Å². The van der Waals surface area contributed by atoms with Gasteiger partial charge < -0.3 is 9.47 Å². The Kier molecular flexibility index (Phi) is 7.81. The molecule has 3 aromatic carbocycles. The fraction of sp³-hybridized carbons (Fsp3) is 0.129. The van der Waals surface area contributed by atoms with Gasteiger partial charge in [0.25, 0.3) is 0 Å². The van der Waals surface area contributed by atoms with Crippen molar-refractivity contribution in [3.05, 3.63) is 131 Å². The number of ether oxygens (including phenoxy) is 2. The van der Waals surface area contributed by atoms with Crippen LogP contribution in [-0.2, 0) is 26.7 Å². The van der Waals surface area contributed by atoms with Crippen molar-refractivity contribution in [3.8, 4) is 22.6 Å². The number of halogens is 1. The normalized spacial score (nSPS) is 10.8. The number of aryl methyl sites for hydroxylation is 1. The molecule has 5 aromatic rings. The molecule has 0 atom stereocenters. The van der Waals surface area contributed by atoms with E-state index in [-0.39, 0.29) is 12.2 Å². The lowest BCUT2D eigenvalue weighted by Crippen LogP contribution is -2.08. The van der Waals surface area contributed by atoms with Gasteiger partial charge in [-0.3, -0.25) is 14.5 Å². The van der Waals surface area contributed by atoms with Crippen LogP contribution in [0.4, 0.5) is 0 Å². The van der Waals surface area contributed by atoms with Gasteiger partial charge in [0, 0.05) is 31.4 Å². The highest BCUT2D eigenvalue weighted by atomic mass is 35.5. The lowest BCUT2D eigenvalue weighted by molar-refractivity contribution is 0.0988. The molecule has 0 saturated heterocycles. The van der Waals surface area contributed by atoms with Crippen LogP contribution in [0.15, 0.2) is 104 Å². The summed E-state index contributed by atoms with van der Waals surface area (Å²) in [7, 11) is 1.87. The second-order valence-electron chi connectivity index (χ2n) is 8.86. The lowest BCUT2D eigenvalue weighted by Gasteiger charge is -2.13. The monoisotopic (exact) mass is 523 g/mol. The number of nitrogens with zero attached hydrogens (tertiary/aromatic N) is 3. The fourth-order valence-corrected chi connectivity index (χ4v) is 4.30. The van der Waals surface area contributed by atoms with E-state index >= 15 is 0 Å². The van der Waals surface area contributed by atoms with Crippen LogP contribution in [-0.4, -0.2) is 20.5 Å². The highest BCUT2D eigenvalue weighted by Crippen LogP contribution is 2.31. The Morgan fingerprint density at radius 3 is 2.39 bits per heavy atom. The van der Waals surface area contributed by atoms with E-state index in [1.54, 1.807) is 29.2 Å². The molecule has 38 heavy (non-hydrogen) atoms. The molecule has 0 radical (unpaired) electrons. The zero-order chi connectivity index (χ0) is 26.3. The van der Waals surface area contributed by atoms with Gasteiger partial charge in [0.1, 0.15) is 24.7 Å². The van der Waals surface area contributed by atoms with E-state index in [4.69, 9.17) is 21.1 Å². The summed E-state index contributed by atoms with van der Waals surface area (Å²) in [6.07, 6.45) is 5.61. The minimum absolute atomic E-state index is 0.0657. The molecule has 2 aromatic heterocycles. The molecule has 0 aliphatic rings. The van der Waals surface area contributed by atoms with Crippen molar-refractivity contribution >= 4 is 17.4 Å². The average Bonchev–Trinajstić information content (AvgIpc) is 3.38. The summed E-state index contributed by atoms with van der Waals surface area (Å²) >= 11 is 6.48. The Labute approximate surface area is 226 Å². The second kappa shape index (κ2) is 11.8. The van der Waals surface area contributed by atoms with Crippen LogP contribution in [0.25, 0.3) is 11.1 Å². The van der Waals surface area contributed by atoms with Crippen molar-refractivity contribution in [1.82, 2.24) is 14.8 Å². The Bertz CT molecular complexity index is 1540. The highest BCUT2D eigenvalue weighted by molar-refractivity contribution is 6.32. The Balaban J connectivity index is 1.34. The molecular weight excluding hydrogens is 498 g/mol. The lowest BCUT2D eigenvalue weighted by atomic mass is 9.99. The Hall–Kier alpha value is -4.42. The minimum Gasteiger partial charge on any atom is -0.488 e. The molecular formula is C31H26ClN3O3. The topological polar surface area (TPSA) is 66.2 Å². The molecule has 0 amide bonds. The predicted octanol–water partition coefficient (Wildman–Crippen LogP) is 6.72. The third-order valence-corrected chi connectivity index (χ3v) is 6.32. The van der Waals surface area contributed by atoms with Gasteiger partial charge in [-0.2, -0.15) is 5.10 Å². The number of benzene rings is 3. The Morgan fingerprint density at radius 1 is 0.842 bits per heavy atom. The van der Waals surface area contributed by atoms with Crippen molar-refractivity contribution in [2.75, 3.05) is 0 Å². The van der Waals surface area contributed by atoms with Gasteiger partial charge in [0.15, 0.2) is 5.78 Å². The number of hydrogen-bond acceptors (Lipinski definition) is 5. The third-order valence-electron chi connectivity index (χ3n) is 6.02. The van der Waals surface area contributed by atoms with Gasteiger partial charge in [-0.15, -0.1) is 0 Å². The second-order valence-corrected chi connectivity index (χ2v) is 9.27.